The lowest BCUT2D eigenvalue weighted by Crippen LogP contribution is -2.26. The van der Waals surface area contributed by atoms with Crippen LogP contribution in [0.4, 0.5) is 0 Å². The van der Waals surface area contributed by atoms with Gasteiger partial charge in [0.15, 0.2) is 0 Å². The molecule has 1 N–H and O–H groups in total. The molecule has 1 aliphatic rings. The summed E-state index contributed by atoms with van der Waals surface area (Å²) in [5.41, 5.74) is 0. The van der Waals surface area contributed by atoms with Crippen LogP contribution in [0.15, 0.2) is 0 Å². The molecular formula is C9H16O3S. The van der Waals surface area contributed by atoms with Crippen molar-refractivity contribution in [3.05, 3.63) is 0 Å². The van der Waals surface area contributed by atoms with Gasteiger partial charge in [-0.2, -0.15) is 0 Å². The molecule has 0 aromatic heterocycles. The van der Waals surface area contributed by atoms with Gasteiger partial charge in [-0.1, -0.05) is 6.92 Å². The van der Waals surface area contributed by atoms with E-state index in [9.17, 15) is 9.00 Å². The molecule has 76 valence electrons. The summed E-state index contributed by atoms with van der Waals surface area (Å²) in [7, 11) is -1.15. The Labute approximate surface area is 81.0 Å². The van der Waals surface area contributed by atoms with Crippen molar-refractivity contribution in [1.29, 1.82) is 0 Å². The van der Waals surface area contributed by atoms with Crippen LogP contribution in [0.25, 0.3) is 0 Å². The molecule has 1 atom stereocenters. The Morgan fingerprint density at radius 2 is 1.92 bits per heavy atom. The molecule has 0 heterocycles. The van der Waals surface area contributed by atoms with Crippen LogP contribution >= 0.6 is 0 Å². The summed E-state index contributed by atoms with van der Waals surface area (Å²) in [6, 6.07) is 0. The number of carboxylic acid groups (broad SMARTS) is 1. The fourth-order valence-corrected chi connectivity index (χ4v) is 3.01. The van der Waals surface area contributed by atoms with Crippen LogP contribution < -0.4 is 0 Å². The van der Waals surface area contributed by atoms with E-state index in [0.717, 1.165) is 31.6 Å². The van der Waals surface area contributed by atoms with Crippen molar-refractivity contribution in [3.8, 4) is 0 Å². The molecule has 13 heavy (non-hydrogen) atoms. The number of hydrogen-bond donors (Lipinski definition) is 1. The fraction of sp³-hybridized carbons (Fsp3) is 0.889. The average Bonchev–Trinajstić information content (AvgIpc) is 2.04. The first-order valence-corrected chi connectivity index (χ1v) is 6.06. The highest BCUT2D eigenvalue weighted by molar-refractivity contribution is 7.86. The Balaban J connectivity index is 2.36. The van der Waals surface area contributed by atoms with Gasteiger partial charge in [0.2, 0.25) is 0 Å². The minimum Gasteiger partial charge on any atom is -0.481 e. The van der Waals surface area contributed by atoms with E-state index in [-0.39, 0.29) is 11.0 Å². The smallest absolute Gasteiger partial charge is 0.316 e. The first-order chi connectivity index (χ1) is 6.09. The van der Waals surface area contributed by atoms with Gasteiger partial charge < -0.3 is 5.11 Å². The predicted octanol–water partition coefficient (Wildman–Crippen LogP) is 1.40. The third-order valence-corrected chi connectivity index (χ3v) is 4.35. The van der Waals surface area contributed by atoms with Crippen molar-refractivity contribution in [2.24, 2.45) is 5.92 Å². The summed E-state index contributed by atoms with van der Waals surface area (Å²) >= 11 is 0. The highest BCUT2D eigenvalue weighted by Crippen LogP contribution is 2.26. The maximum atomic E-state index is 11.4. The lowest BCUT2D eigenvalue weighted by Gasteiger charge is -2.24. The van der Waals surface area contributed by atoms with Crippen molar-refractivity contribution < 1.29 is 14.1 Å². The lowest BCUT2D eigenvalue weighted by molar-refractivity contribution is -0.134. The average molecular weight is 204 g/mol. The van der Waals surface area contributed by atoms with E-state index in [1.807, 2.05) is 0 Å². The first-order valence-electron chi connectivity index (χ1n) is 4.68. The quantitative estimate of drug-likeness (QED) is 0.756. The van der Waals surface area contributed by atoms with Crippen LogP contribution in [0.2, 0.25) is 0 Å². The minimum atomic E-state index is -1.15. The van der Waals surface area contributed by atoms with Gasteiger partial charge in [0.1, 0.15) is 5.75 Å². The number of hydrogen-bond acceptors (Lipinski definition) is 2. The zero-order valence-corrected chi connectivity index (χ0v) is 8.68. The van der Waals surface area contributed by atoms with Gasteiger partial charge in [0.25, 0.3) is 0 Å². The number of carboxylic acids is 1. The summed E-state index contributed by atoms with van der Waals surface area (Å²) in [5, 5.41) is 8.61. The topological polar surface area (TPSA) is 54.4 Å². The molecule has 1 saturated carbocycles. The Bertz CT molecular complexity index is 207. The largest absolute Gasteiger partial charge is 0.481 e. The Kier molecular flexibility index (Phi) is 3.90. The minimum absolute atomic E-state index is 0.132. The molecule has 0 radical (unpaired) electrons. The Hall–Kier alpha value is -0.380. The molecule has 0 aromatic carbocycles. The molecule has 0 aromatic rings. The van der Waals surface area contributed by atoms with Gasteiger partial charge in [-0.15, -0.1) is 0 Å². The molecular weight excluding hydrogens is 188 g/mol. The van der Waals surface area contributed by atoms with Crippen molar-refractivity contribution in [2.75, 3.05) is 5.75 Å². The van der Waals surface area contributed by atoms with Crippen molar-refractivity contribution in [1.82, 2.24) is 0 Å². The molecule has 0 aliphatic heterocycles. The van der Waals surface area contributed by atoms with Crippen LogP contribution in [0, 0.1) is 5.92 Å². The van der Waals surface area contributed by atoms with Crippen LogP contribution in [0.5, 0.6) is 0 Å². The maximum Gasteiger partial charge on any atom is 0.316 e. The zero-order chi connectivity index (χ0) is 9.84. The number of rotatable bonds is 3. The molecule has 0 saturated heterocycles. The number of aliphatic carboxylic acids is 1. The summed E-state index contributed by atoms with van der Waals surface area (Å²) in [5.74, 6) is -0.408. The van der Waals surface area contributed by atoms with E-state index >= 15 is 0 Å². The SMILES string of the molecule is CC1CCC(S(=O)CC(=O)O)CC1. The summed E-state index contributed by atoms with van der Waals surface area (Å²) in [4.78, 5) is 10.3. The van der Waals surface area contributed by atoms with Gasteiger partial charge in [-0.25, -0.2) is 0 Å². The van der Waals surface area contributed by atoms with E-state index in [4.69, 9.17) is 5.11 Å². The van der Waals surface area contributed by atoms with Crippen LogP contribution in [-0.4, -0.2) is 26.3 Å². The molecule has 1 fully saturated rings. The molecule has 1 unspecified atom stereocenters. The van der Waals surface area contributed by atoms with Crippen LogP contribution in [0.3, 0.4) is 0 Å². The highest BCUT2D eigenvalue weighted by atomic mass is 32.2. The Morgan fingerprint density at radius 1 is 1.38 bits per heavy atom. The van der Waals surface area contributed by atoms with Gasteiger partial charge in [0.05, 0.1) is 0 Å². The standard InChI is InChI=1S/C9H16O3S/c1-7-2-4-8(5-3-7)13(12)6-9(10)11/h7-8H,2-6H2,1H3,(H,10,11). The van der Waals surface area contributed by atoms with E-state index in [0.29, 0.717) is 0 Å². The van der Waals surface area contributed by atoms with E-state index in [1.54, 1.807) is 0 Å². The van der Waals surface area contributed by atoms with E-state index < -0.39 is 16.8 Å². The summed E-state index contributed by atoms with van der Waals surface area (Å²) in [6.07, 6.45) is 4.05. The molecule has 0 spiro atoms. The van der Waals surface area contributed by atoms with Crippen LogP contribution in [0.1, 0.15) is 32.6 Å². The summed E-state index contributed by atoms with van der Waals surface area (Å²) in [6.45, 7) is 2.19. The van der Waals surface area contributed by atoms with Crippen molar-refractivity contribution in [3.63, 3.8) is 0 Å². The third kappa shape index (κ3) is 3.46. The van der Waals surface area contributed by atoms with Gasteiger partial charge in [-0.3, -0.25) is 9.00 Å². The van der Waals surface area contributed by atoms with Crippen molar-refractivity contribution >= 4 is 16.8 Å². The zero-order valence-electron chi connectivity index (χ0n) is 7.86. The second kappa shape index (κ2) is 4.74. The van der Waals surface area contributed by atoms with Crippen molar-refractivity contribution in [2.45, 2.75) is 37.9 Å². The number of carbonyl (C=O) groups is 1. The third-order valence-electron chi connectivity index (χ3n) is 2.60. The van der Waals surface area contributed by atoms with E-state index in [2.05, 4.69) is 6.92 Å². The van der Waals surface area contributed by atoms with Gasteiger partial charge in [0, 0.05) is 16.0 Å². The van der Waals surface area contributed by atoms with Gasteiger partial charge >= 0.3 is 5.97 Å². The van der Waals surface area contributed by atoms with Crippen LogP contribution in [-0.2, 0) is 15.6 Å². The highest BCUT2D eigenvalue weighted by Gasteiger charge is 2.24. The fourth-order valence-electron chi connectivity index (χ4n) is 1.73. The summed E-state index contributed by atoms with van der Waals surface area (Å²) < 4.78 is 11.4. The first kappa shape index (κ1) is 10.7. The molecule has 0 amide bonds. The maximum absolute atomic E-state index is 11.4. The molecule has 1 aliphatic carbocycles. The van der Waals surface area contributed by atoms with Gasteiger partial charge in [-0.05, 0) is 31.6 Å². The monoisotopic (exact) mass is 204 g/mol. The second-order valence-electron chi connectivity index (χ2n) is 3.80. The molecule has 0 bridgehead atoms. The Morgan fingerprint density at radius 3 is 2.38 bits per heavy atom. The normalized spacial score (nSPS) is 31.2. The lowest BCUT2D eigenvalue weighted by atomic mass is 9.91. The van der Waals surface area contributed by atoms with E-state index in [1.165, 1.54) is 0 Å². The second-order valence-corrected chi connectivity index (χ2v) is 5.52. The molecule has 3 nitrogen and oxygen atoms in total. The molecule has 1 rings (SSSR count). The molecule has 4 heteroatoms. The predicted molar refractivity (Wildman–Crippen MR) is 52.1 cm³/mol.